The highest BCUT2D eigenvalue weighted by Gasteiger charge is 2.41. The third-order valence-electron chi connectivity index (χ3n) is 6.78. The molecular formula is C28H28ClNO6. The summed E-state index contributed by atoms with van der Waals surface area (Å²) in [6.07, 6.45) is 0.989. The van der Waals surface area contributed by atoms with E-state index in [2.05, 4.69) is 5.32 Å². The molecule has 7 nitrogen and oxygen atoms in total. The normalized spacial score (nSPS) is 20.8. The number of hydrogen-bond acceptors (Lipinski definition) is 7. The van der Waals surface area contributed by atoms with E-state index in [1.807, 2.05) is 56.3 Å². The number of nitrogens with one attached hydrogen (secondary N) is 1. The van der Waals surface area contributed by atoms with Crippen molar-refractivity contribution >= 4 is 23.4 Å². The molecule has 0 radical (unpaired) electrons. The van der Waals surface area contributed by atoms with Crippen molar-refractivity contribution in [3.05, 3.63) is 81.2 Å². The van der Waals surface area contributed by atoms with Crippen molar-refractivity contribution in [3.63, 3.8) is 0 Å². The lowest BCUT2D eigenvalue weighted by atomic mass is 9.71. The molecule has 0 spiro atoms. The summed E-state index contributed by atoms with van der Waals surface area (Å²) in [6.45, 7) is 4.86. The van der Waals surface area contributed by atoms with Gasteiger partial charge in [0.25, 0.3) is 0 Å². The molecule has 188 valence electrons. The van der Waals surface area contributed by atoms with Crippen molar-refractivity contribution < 1.29 is 28.5 Å². The predicted molar refractivity (Wildman–Crippen MR) is 134 cm³/mol. The van der Waals surface area contributed by atoms with E-state index in [1.54, 1.807) is 0 Å². The van der Waals surface area contributed by atoms with Crippen LogP contribution >= 0.6 is 11.6 Å². The van der Waals surface area contributed by atoms with Crippen molar-refractivity contribution in [2.45, 2.75) is 38.5 Å². The molecule has 2 atom stereocenters. The van der Waals surface area contributed by atoms with Gasteiger partial charge in [-0.05, 0) is 61.6 Å². The molecule has 0 saturated heterocycles. The second-order valence-electron chi connectivity index (χ2n) is 9.01. The van der Waals surface area contributed by atoms with Gasteiger partial charge in [0.15, 0.2) is 17.3 Å². The highest BCUT2D eigenvalue weighted by atomic mass is 35.5. The molecule has 8 heteroatoms. The van der Waals surface area contributed by atoms with Crippen LogP contribution < -0.4 is 14.8 Å². The van der Waals surface area contributed by atoms with Crippen LogP contribution in [0.4, 0.5) is 0 Å². The summed E-state index contributed by atoms with van der Waals surface area (Å²) in [5, 5.41) is 4.03. The zero-order valence-corrected chi connectivity index (χ0v) is 21.0. The van der Waals surface area contributed by atoms with E-state index in [9.17, 15) is 9.59 Å². The van der Waals surface area contributed by atoms with Crippen LogP contribution in [0.2, 0.25) is 5.02 Å². The SMILES string of the molecule is CCOCCOC(=O)C1=C(C)NC2=C(C(=O)CC(c3ccc(Cl)cc3)C2)C1c1ccc2c(c1)OCO2. The molecule has 0 amide bonds. The van der Waals surface area contributed by atoms with E-state index in [1.165, 1.54) is 0 Å². The number of esters is 1. The number of Topliss-reactive ketones (excluding diaryl/α,β-unsaturated/α-hetero) is 1. The Bertz CT molecular complexity index is 1250. The van der Waals surface area contributed by atoms with Crippen LogP contribution in [0.15, 0.2) is 65.0 Å². The molecule has 36 heavy (non-hydrogen) atoms. The van der Waals surface area contributed by atoms with E-state index in [0.29, 0.717) is 59.4 Å². The number of carbonyl (C=O) groups is 2. The van der Waals surface area contributed by atoms with Crippen LogP contribution in [-0.2, 0) is 19.1 Å². The average Bonchev–Trinajstić information content (AvgIpc) is 3.34. The fourth-order valence-electron chi connectivity index (χ4n) is 5.12. The highest BCUT2D eigenvalue weighted by Crippen LogP contribution is 2.47. The summed E-state index contributed by atoms with van der Waals surface area (Å²) in [5.74, 6) is 0.207. The van der Waals surface area contributed by atoms with E-state index in [0.717, 1.165) is 16.8 Å². The topological polar surface area (TPSA) is 83.1 Å². The Morgan fingerprint density at radius 1 is 1.06 bits per heavy atom. The van der Waals surface area contributed by atoms with Gasteiger partial charge in [-0.3, -0.25) is 4.79 Å². The fourth-order valence-corrected chi connectivity index (χ4v) is 5.25. The maximum absolute atomic E-state index is 13.7. The standard InChI is InChI=1S/C28H28ClNO6/c1-3-33-10-11-34-28(32)25-16(2)30-21-12-19(17-4-7-20(29)8-5-17)13-22(31)27(21)26(25)18-6-9-23-24(14-18)36-15-35-23/h4-9,14,19,26,30H,3,10-13,15H2,1-2H3. The zero-order chi connectivity index (χ0) is 25.2. The molecule has 2 aromatic rings. The van der Waals surface area contributed by atoms with Gasteiger partial charge in [-0.15, -0.1) is 0 Å². The van der Waals surface area contributed by atoms with Gasteiger partial charge in [0.05, 0.1) is 12.2 Å². The van der Waals surface area contributed by atoms with Crippen molar-refractivity contribution in [1.82, 2.24) is 5.32 Å². The predicted octanol–water partition coefficient (Wildman–Crippen LogP) is 5.01. The van der Waals surface area contributed by atoms with E-state index >= 15 is 0 Å². The van der Waals surface area contributed by atoms with Crippen molar-refractivity contribution in [2.75, 3.05) is 26.6 Å². The summed E-state index contributed by atoms with van der Waals surface area (Å²) < 4.78 is 21.9. The van der Waals surface area contributed by atoms with Crippen LogP contribution in [0, 0.1) is 0 Å². The van der Waals surface area contributed by atoms with Crippen LogP contribution in [0.1, 0.15) is 49.7 Å². The van der Waals surface area contributed by atoms with Gasteiger partial charge in [0.2, 0.25) is 6.79 Å². The third-order valence-corrected chi connectivity index (χ3v) is 7.04. The lowest BCUT2D eigenvalue weighted by Gasteiger charge is -2.36. The van der Waals surface area contributed by atoms with Crippen LogP contribution in [0.25, 0.3) is 0 Å². The first kappa shape index (κ1) is 24.4. The van der Waals surface area contributed by atoms with Gasteiger partial charge in [0, 0.05) is 40.9 Å². The van der Waals surface area contributed by atoms with Gasteiger partial charge in [0.1, 0.15) is 6.61 Å². The summed E-state index contributed by atoms with van der Waals surface area (Å²) in [4.78, 5) is 27.0. The quantitative estimate of drug-likeness (QED) is 0.415. The monoisotopic (exact) mass is 509 g/mol. The first-order valence-electron chi connectivity index (χ1n) is 12.1. The highest BCUT2D eigenvalue weighted by molar-refractivity contribution is 6.30. The summed E-state index contributed by atoms with van der Waals surface area (Å²) in [5.41, 5.74) is 4.36. The summed E-state index contributed by atoms with van der Waals surface area (Å²) in [6, 6.07) is 13.2. The lowest BCUT2D eigenvalue weighted by Crippen LogP contribution is -2.36. The number of fused-ring (bicyclic) bond motifs is 1. The summed E-state index contributed by atoms with van der Waals surface area (Å²) >= 11 is 6.07. The maximum Gasteiger partial charge on any atom is 0.336 e. The minimum atomic E-state index is -0.575. The zero-order valence-electron chi connectivity index (χ0n) is 20.3. The first-order chi connectivity index (χ1) is 17.5. The van der Waals surface area contributed by atoms with Crippen LogP contribution in [0.5, 0.6) is 11.5 Å². The largest absolute Gasteiger partial charge is 0.460 e. The Kier molecular flexibility index (Phi) is 7.03. The number of dihydropyridines is 1. The molecule has 5 rings (SSSR count). The summed E-state index contributed by atoms with van der Waals surface area (Å²) in [7, 11) is 0. The average molecular weight is 510 g/mol. The number of rotatable bonds is 7. The molecular weight excluding hydrogens is 482 g/mol. The number of carbonyl (C=O) groups excluding carboxylic acids is 2. The lowest BCUT2D eigenvalue weighted by molar-refractivity contribution is -0.140. The van der Waals surface area contributed by atoms with Crippen molar-refractivity contribution in [1.29, 1.82) is 0 Å². The van der Waals surface area contributed by atoms with Crippen molar-refractivity contribution in [3.8, 4) is 11.5 Å². The molecule has 2 heterocycles. The molecule has 3 aliphatic rings. The first-order valence-corrected chi connectivity index (χ1v) is 12.5. The minimum absolute atomic E-state index is 0.00140. The fraction of sp³-hybridized carbons (Fsp3) is 0.357. The molecule has 2 aliphatic heterocycles. The number of halogens is 1. The number of benzene rings is 2. The van der Waals surface area contributed by atoms with Crippen molar-refractivity contribution in [2.24, 2.45) is 0 Å². The number of allylic oxidation sites excluding steroid dienone is 3. The van der Waals surface area contributed by atoms with Gasteiger partial charge in [-0.2, -0.15) is 0 Å². The molecule has 0 fully saturated rings. The van der Waals surface area contributed by atoms with E-state index in [4.69, 9.17) is 30.5 Å². The molecule has 2 unspecified atom stereocenters. The Morgan fingerprint density at radius 3 is 2.58 bits per heavy atom. The van der Waals surface area contributed by atoms with Crippen LogP contribution in [0.3, 0.4) is 0 Å². The number of ketones is 1. The Morgan fingerprint density at radius 2 is 1.81 bits per heavy atom. The smallest absolute Gasteiger partial charge is 0.336 e. The number of ether oxygens (including phenoxy) is 4. The van der Waals surface area contributed by atoms with E-state index in [-0.39, 0.29) is 25.1 Å². The van der Waals surface area contributed by atoms with Gasteiger partial charge in [-0.25, -0.2) is 4.79 Å². The molecule has 0 saturated carbocycles. The Balaban J connectivity index is 1.52. The Labute approximate surface area is 215 Å². The molecule has 0 aromatic heterocycles. The molecule has 0 bridgehead atoms. The molecule has 1 aliphatic carbocycles. The molecule has 2 aromatic carbocycles. The van der Waals surface area contributed by atoms with Gasteiger partial charge in [-0.1, -0.05) is 29.8 Å². The van der Waals surface area contributed by atoms with E-state index < -0.39 is 11.9 Å². The minimum Gasteiger partial charge on any atom is -0.460 e. The maximum atomic E-state index is 13.7. The van der Waals surface area contributed by atoms with Crippen LogP contribution in [-0.4, -0.2) is 38.4 Å². The third kappa shape index (κ3) is 4.73. The second kappa shape index (κ2) is 10.4. The Hall–Kier alpha value is -3.29. The van der Waals surface area contributed by atoms with Gasteiger partial charge >= 0.3 is 5.97 Å². The second-order valence-corrected chi connectivity index (χ2v) is 9.45. The number of hydrogen-bond donors (Lipinski definition) is 1. The van der Waals surface area contributed by atoms with Gasteiger partial charge < -0.3 is 24.3 Å². The molecule has 1 N–H and O–H groups in total.